The van der Waals surface area contributed by atoms with Crippen LogP contribution in [0.5, 0.6) is 5.75 Å². The zero-order valence-electron chi connectivity index (χ0n) is 10.9. The molecule has 1 aliphatic rings. The Morgan fingerprint density at radius 1 is 1.00 bits per heavy atom. The molecule has 3 aromatic rings. The number of rotatable bonds is 1. The molecule has 0 radical (unpaired) electrons. The van der Waals surface area contributed by atoms with Crippen molar-refractivity contribution in [2.45, 2.75) is 6.04 Å². The quantitative estimate of drug-likeness (QED) is 0.724. The number of fused-ring (bicyclic) bond motifs is 3. The number of para-hydroxylation sites is 1. The van der Waals surface area contributed by atoms with E-state index in [0.29, 0.717) is 6.61 Å². The third-order valence-corrected chi connectivity index (χ3v) is 3.67. The van der Waals surface area contributed by atoms with Gasteiger partial charge in [0.1, 0.15) is 6.61 Å². The number of aromatic nitrogens is 1. The van der Waals surface area contributed by atoms with Crippen LogP contribution < -0.4 is 10.1 Å². The van der Waals surface area contributed by atoms with Crippen LogP contribution in [-0.2, 0) is 0 Å². The highest BCUT2D eigenvalue weighted by Gasteiger charge is 2.22. The Kier molecular flexibility index (Phi) is 2.56. The Labute approximate surface area is 117 Å². The molecular formula is C17H14N2O. The summed E-state index contributed by atoms with van der Waals surface area (Å²) in [4.78, 5) is 4.43. The van der Waals surface area contributed by atoms with E-state index in [-0.39, 0.29) is 6.04 Å². The SMILES string of the molecule is c1ccc(C2COc3cnc4ccccc4c3N2)cc1. The summed E-state index contributed by atoms with van der Waals surface area (Å²) >= 11 is 0. The molecule has 0 saturated carbocycles. The normalized spacial score (nSPS) is 17.1. The number of ether oxygens (including phenoxy) is 1. The van der Waals surface area contributed by atoms with Crippen LogP contribution in [0.3, 0.4) is 0 Å². The van der Waals surface area contributed by atoms with Crippen LogP contribution in [0.2, 0.25) is 0 Å². The van der Waals surface area contributed by atoms with Crippen molar-refractivity contribution in [3.8, 4) is 5.75 Å². The third-order valence-electron chi connectivity index (χ3n) is 3.67. The van der Waals surface area contributed by atoms with E-state index in [1.807, 2.05) is 24.3 Å². The average Bonchev–Trinajstić information content (AvgIpc) is 2.55. The van der Waals surface area contributed by atoms with Gasteiger partial charge in [-0.3, -0.25) is 4.98 Å². The molecule has 0 amide bonds. The van der Waals surface area contributed by atoms with Gasteiger partial charge in [-0.05, 0) is 11.6 Å². The maximum absolute atomic E-state index is 5.87. The van der Waals surface area contributed by atoms with Gasteiger partial charge in [-0.2, -0.15) is 0 Å². The molecule has 1 aromatic heterocycles. The highest BCUT2D eigenvalue weighted by atomic mass is 16.5. The van der Waals surface area contributed by atoms with Crippen molar-refractivity contribution >= 4 is 16.6 Å². The highest BCUT2D eigenvalue weighted by molar-refractivity contribution is 5.94. The van der Waals surface area contributed by atoms with E-state index in [0.717, 1.165) is 22.3 Å². The molecule has 0 aliphatic carbocycles. The average molecular weight is 262 g/mol. The van der Waals surface area contributed by atoms with E-state index in [9.17, 15) is 0 Å². The van der Waals surface area contributed by atoms with E-state index in [1.54, 1.807) is 6.20 Å². The van der Waals surface area contributed by atoms with Gasteiger partial charge in [-0.15, -0.1) is 0 Å². The largest absolute Gasteiger partial charge is 0.487 e. The van der Waals surface area contributed by atoms with E-state index >= 15 is 0 Å². The maximum atomic E-state index is 5.87. The minimum Gasteiger partial charge on any atom is -0.487 e. The molecule has 3 heteroatoms. The van der Waals surface area contributed by atoms with Crippen LogP contribution in [0.15, 0.2) is 60.8 Å². The van der Waals surface area contributed by atoms with Gasteiger partial charge < -0.3 is 10.1 Å². The number of pyridine rings is 1. The zero-order valence-corrected chi connectivity index (χ0v) is 10.9. The van der Waals surface area contributed by atoms with Gasteiger partial charge in [0.05, 0.1) is 23.4 Å². The van der Waals surface area contributed by atoms with Gasteiger partial charge in [0.15, 0.2) is 5.75 Å². The van der Waals surface area contributed by atoms with Crippen molar-refractivity contribution in [3.63, 3.8) is 0 Å². The second-order valence-electron chi connectivity index (χ2n) is 4.93. The molecule has 1 aliphatic heterocycles. The smallest absolute Gasteiger partial charge is 0.161 e. The Morgan fingerprint density at radius 2 is 1.80 bits per heavy atom. The lowest BCUT2D eigenvalue weighted by Crippen LogP contribution is -2.24. The molecule has 0 saturated heterocycles. The predicted molar refractivity (Wildman–Crippen MR) is 80.0 cm³/mol. The zero-order chi connectivity index (χ0) is 13.4. The molecule has 4 rings (SSSR count). The Morgan fingerprint density at radius 3 is 2.70 bits per heavy atom. The summed E-state index contributed by atoms with van der Waals surface area (Å²) in [6.45, 7) is 0.622. The first-order valence-electron chi connectivity index (χ1n) is 6.74. The second kappa shape index (κ2) is 4.53. The van der Waals surface area contributed by atoms with Crippen molar-refractivity contribution in [2.24, 2.45) is 0 Å². The first kappa shape index (κ1) is 11.3. The third kappa shape index (κ3) is 1.79. The van der Waals surface area contributed by atoms with Gasteiger partial charge in [-0.25, -0.2) is 0 Å². The van der Waals surface area contributed by atoms with Gasteiger partial charge in [0.2, 0.25) is 0 Å². The molecule has 98 valence electrons. The molecule has 1 atom stereocenters. The molecule has 1 unspecified atom stereocenters. The summed E-state index contributed by atoms with van der Waals surface area (Å²) in [5, 5.41) is 4.69. The first-order valence-corrected chi connectivity index (χ1v) is 6.74. The fraction of sp³-hybridized carbons (Fsp3) is 0.118. The number of hydrogen-bond acceptors (Lipinski definition) is 3. The fourth-order valence-electron chi connectivity index (χ4n) is 2.64. The summed E-state index contributed by atoms with van der Waals surface area (Å²) < 4.78 is 5.87. The van der Waals surface area contributed by atoms with Crippen molar-refractivity contribution in [2.75, 3.05) is 11.9 Å². The van der Waals surface area contributed by atoms with E-state index in [2.05, 4.69) is 40.6 Å². The monoisotopic (exact) mass is 262 g/mol. The van der Waals surface area contributed by atoms with Crippen molar-refractivity contribution < 1.29 is 4.74 Å². The first-order chi connectivity index (χ1) is 9.92. The number of benzene rings is 2. The summed E-state index contributed by atoms with van der Waals surface area (Å²) in [6.07, 6.45) is 1.80. The van der Waals surface area contributed by atoms with Crippen LogP contribution in [-0.4, -0.2) is 11.6 Å². The summed E-state index contributed by atoms with van der Waals surface area (Å²) in [7, 11) is 0. The molecule has 1 N–H and O–H groups in total. The molecule has 2 aromatic carbocycles. The number of hydrogen-bond donors (Lipinski definition) is 1. The van der Waals surface area contributed by atoms with Crippen molar-refractivity contribution in [1.29, 1.82) is 0 Å². The topological polar surface area (TPSA) is 34.1 Å². The lowest BCUT2D eigenvalue weighted by atomic mass is 10.0. The minimum atomic E-state index is 0.175. The van der Waals surface area contributed by atoms with E-state index in [1.165, 1.54) is 5.56 Å². The summed E-state index contributed by atoms with van der Waals surface area (Å²) in [6, 6.07) is 18.7. The molecule has 0 fully saturated rings. The minimum absolute atomic E-state index is 0.175. The van der Waals surface area contributed by atoms with Crippen LogP contribution in [0, 0.1) is 0 Å². The van der Waals surface area contributed by atoms with Crippen molar-refractivity contribution in [1.82, 2.24) is 4.98 Å². The molecule has 0 spiro atoms. The van der Waals surface area contributed by atoms with Gasteiger partial charge in [0, 0.05) is 5.39 Å². The number of nitrogens with one attached hydrogen (secondary N) is 1. The van der Waals surface area contributed by atoms with E-state index < -0.39 is 0 Å². The summed E-state index contributed by atoms with van der Waals surface area (Å²) in [5.74, 6) is 0.830. The maximum Gasteiger partial charge on any atom is 0.161 e. The highest BCUT2D eigenvalue weighted by Crippen LogP contribution is 2.38. The standard InChI is InChI=1S/C17H14N2O/c1-2-6-12(7-3-1)15-11-20-16-10-18-14-9-5-4-8-13(14)17(16)19-15/h1-10,15,19H,11H2. The second-order valence-corrected chi connectivity index (χ2v) is 4.93. The molecule has 3 nitrogen and oxygen atoms in total. The van der Waals surface area contributed by atoms with Crippen LogP contribution in [0.1, 0.15) is 11.6 Å². The number of anilines is 1. The fourth-order valence-corrected chi connectivity index (χ4v) is 2.64. The Bertz CT molecular complexity index is 755. The van der Waals surface area contributed by atoms with Crippen LogP contribution in [0.4, 0.5) is 5.69 Å². The lowest BCUT2D eigenvalue weighted by molar-refractivity contribution is 0.286. The molecule has 20 heavy (non-hydrogen) atoms. The Hall–Kier alpha value is -2.55. The van der Waals surface area contributed by atoms with E-state index in [4.69, 9.17) is 4.74 Å². The van der Waals surface area contributed by atoms with Crippen molar-refractivity contribution in [3.05, 3.63) is 66.4 Å². The molecular weight excluding hydrogens is 248 g/mol. The molecule has 2 heterocycles. The summed E-state index contributed by atoms with van der Waals surface area (Å²) in [5.41, 5.74) is 3.26. The van der Waals surface area contributed by atoms with Gasteiger partial charge in [0.25, 0.3) is 0 Å². The van der Waals surface area contributed by atoms with Gasteiger partial charge in [-0.1, -0.05) is 48.5 Å². The lowest BCUT2D eigenvalue weighted by Gasteiger charge is -2.28. The van der Waals surface area contributed by atoms with Crippen LogP contribution in [0.25, 0.3) is 10.9 Å². The van der Waals surface area contributed by atoms with Crippen LogP contribution >= 0.6 is 0 Å². The molecule has 0 bridgehead atoms. The van der Waals surface area contributed by atoms with Gasteiger partial charge >= 0.3 is 0 Å². The predicted octanol–water partition coefficient (Wildman–Crippen LogP) is 3.78. The Balaban J connectivity index is 1.80. The number of nitrogens with zero attached hydrogens (tertiary/aromatic N) is 1.